The molecule has 0 unspecified atom stereocenters. The smallest absolute Gasteiger partial charge is 0.264 e. The third-order valence-electron chi connectivity index (χ3n) is 6.50. The van der Waals surface area contributed by atoms with E-state index in [2.05, 4.69) is 5.32 Å². The lowest BCUT2D eigenvalue weighted by atomic mass is 10.1. The summed E-state index contributed by atoms with van der Waals surface area (Å²) in [7, 11) is -2.80. The number of hydrogen-bond donors (Lipinski definition) is 1. The molecule has 0 aliphatic rings. The van der Waals surface area contributed by atoms with E-state index < -0.39 is 28.5 Å². The fourth-order valence-corrected chi connectivity index (χ4v) is 6.02. The minimum absolute atomic E-state index is 0.00778. The van der Waals surface area contributed by atoms with Gasteiger partial charge in [-0.15, -0.1) is 0 Å². The number of carbonyl (C=O) groups excluding carboxylic acids is 2. The maximum Gasteiger partial charge on any atom is 0.264 e. The molecule has 3 aromatic carbocycles. The maximum atomic E-state index is 14.0. The first-order valence-electron chi connectivity index (χ1n) is 13.2. The van der Waals surface area contributed by atoms with Gasteiger partial charge < -0.3 is 15.0 Å². The van der Waals surface area contributed by atoms with Crippen molar-refractivity contribution in [3.8, 4) is 5.75 Å². The molecule has 3 aromatic rings. The van der Waals surface area contributed by atoms with Gasteiger partial charge in [0, 0.05) is 13.1 Å². The normalized spacial score (nSPS) is 12.1. The minimum Gasteiger partial charge on any atom is -0.495 e. The third kappa shape index (κ3) is 8.31. The Morgan fingerprint density at radius 3 is 2.14 bits per heavy atom. The first-order chi connectivity index (χ1) is 19.7. The Labute approximate surface area is 262 Å². The molecule has 0 bridgehead atoms. The molecule has 226 valence electrons. The van der Waals surface area contributed by atoms with Crippen LogP contribution in [0.4, 0.5) is 5.69 Å². The second-order valence-electron chi connectivity index (χ2n) is 10.2. The van der Waals surface area contributed by atoms with E-state index in [4.69, 9.17) is 39.5 Å². The van der Waals surface area contributed by atoms with E-state index >= 15 is 0 Å². The molecule has 12 heteroatoms. The van der Waals surface area contributed by atoms with Crippen LogP contribution in [0.5, 0.6) is 5.75 Å². The van der Waals surface area contributed by atoms with Crippen LogP contribution in [-0.4, -0.2) is 51.4 Å². The largest absolute Gasteiger partial charge is 0.495 e. The summed E-state index contributed by atoms with van der Waals surface area (Å²) in [4.78, 5) is 28.5. The molecule has 0 saturated carbocycles. The lowest BCUT2D eigenvalue weighted by Gasteiger charge is -2.32. The molecule has 3 rings (SSSR count). The van der Waals surface area contributed by atoms with E-state index in [0.29, 0.717) is 22.9 Å². The number of aryl methyl sites for hydroxylation is 1. The van der Waals surface area contributed by atoms with Gasteiger partial charge in [-0.05, 0) is 67.8 Å². The van der Waals surface area contributed by atoms with E-state index in [9.17, 15) is 18.0 Å². The van der Waals surface area contributed by atoms with E-state index in [1.165, 1.54) is 42.3 Å². The molecule has 1 atom stereocenters. The second-order valence-corrected chi connectivity index (χ2v) is 13.3. The van der Waals surface area contributed by atoms with Crippen molar-refractivity contribution in [3.05, 3.63) is 86.9 Å². The highest BCUT2D eigenvalue weighted by Gasteiger charge is 2.33. The number of benzene rings is 3. The van der Waals surface area contributed by atoms with Gasteiger partial charge in [-0.2, -0.15) is 0 Å². The van der Waals surface area contributed by atoms with Crippen LogP contribution in [0.3, 0.4) is 0 Å². The Morgan fingerprint density at radius 1 is 0.905 bits per heavy atom. The number of rotatable bonds is 12. The predicted octanol–water partition coefficient (Wildman–Crippen LogP) is 6.35. The highest BCUT2D eigenvalue weighted by atomic mass is 35.5. The molecule has 0 aromatic heterocycles. The quantitative estimate of drug-likeness (QED) is 0.246. The van der Waals surface area contributed by atoms with Crippen molar-refractivity contribution in [2.75, 3.05) is 24.5 Å². The molecule has 0 heterocycles. The fraction of sp³-hybridized carbons (Fsp3) is 0.333. The summed E-state index contributed by atoms with van der Waals surface area (Å²) in [5.41, 5.74) is 1.64. The highest BCUT2D eigenvalue weighted by molar-refractivity contribution is 7.92. The van der Waals surface area contributed by atoms with Crippen LogP contribution in [0.1, 0.15) is 31.9 Å². The summed E-state index contributed by atoms with van der Waals surface area (Å²) >= 11 is 18.7. The zero-order valence-electron chi connectivity index (χ0n) is 24.0. The fourth-order valence-electron chi connectivity index (χ4n) is 4.05. The molecular weight excluding hydrogens is 621 g/mol. The monoisotopic (exact) mass is 653 g/mol. The molecule has 0 spiro atoms. The van der Waals surface area contributed by atoms with Crippen molar-refractivity contribution in [2.45, 2.75) is 45.2 Å². The van der Waals surface area contributed by atoms with Crippen molar-refractivity contribution >= 4 is 62.3 Å². The maximum absolute atomic E-state index is 14.0. The molecule has 8 nitrogen and oxygen atoms in total. The topological polar surface area (TPSA) is 96.0 Å². The van der Waals surface area contributed by atoms with E-state index in [1.54, 1.807) is 37.3 Å². The van der Waals surface area contributed by atoms with Gasteiger partial charge >= 0.3 is 0 Å². The molecule has 0 saturated heterocycles. The number of sulfonamides is 1. The van der Waals surface area contributed by atoms with E-state index in [-0.39, 0.29) is 39.0 Å². The second kappa shape index (κ2) is 14.5. The summed E-state index contributed by atoms with van der Waals surface area (Å²) in [6.45, 7) is 7.13. The summed E-state index contributed by atoms with van der Waals surface area (Å²) in [5, 5.41) is 3.64. The number of methoxy groups -OCH3 is 1. The number of amides is 2. The number of halogens is 3. The lowest BCUT2D eigenvalue weighted by molar-refractivity contribution is -0.139. The standard InChI is InChI=1S/C30H34Cl3N3O5S/c1-19(2)16-34-30(38)21(4)35(17-22-8-12-25(31)26(32)14-22)29(37)18-36(23-9-13-28(41-5)27(33)15-23)42(39,40)24-10-6-20(3)7-11-24/h6-15,19,21H,16-18H2,1-5H3,(H,34,38)/t21-/m0/s1. The predicted molar refractivity (Wildman–Crippen MR) is 168 cm³/mol. The summed E-state index contributed by atoms with van der Waals surface area (Å²) in [6, 6.07) is 14.7. The van der Waals surface area contributed by atoms with Crippen LogP contribution in [-0.2, 0) is 26.2 Å². The number of nitrogens with one attached hydrogen (secondary N) is 1. The van der Waals surface area contributed by atoms with Gasteiger partial charge in [0.15, 0.2) is 0 Å². The Balaban J connectivity index is 2.06. The molecule has 42 heavy (non-hydrogen) atoms. The number of carbonyl (C=O) groups is 2. The van der Waals surface area contributed by atoms with Crippen LogP contribution in [0.25, 0.3) is 0 Å². The average Bonchev–Trinajstić information content (AvgIpc) is 2.94. The van der Waals surface area contributed by atoms with E-state index in [1.807, 2.05) is 20.8 Å². The number of nitrogens with zero attached hydrogens (tertiary/aromatic N) is 2. The molecular formula is C30H34Cl3N3O5S. The summed E-state index contributed by atoms with van der Waals surface area (Å²) in [6.07, 6.45) is 0. The highest BCUT2D eigenvalue weighted by Crippen LogP contribution is 2.32. The van der Waals surface area contributed by atoms with Gasteiger partial charge in [-0.3, -0.25) is 13.9 Å². The SMILES string of the molecule is COc1ccc(N(CC(=O)N(Cc2ccc(Cl)c(Cl)c2)[C@@H](C)C(=O)NCC(C)C)S(=O)(=O)c2ccc(C)cc2)cc1Cl. The lowest BCUT2D eigenvalue weighted by Crippen LogP contribution is -2.51. The van der Waals surface area contributed by atoms with Gasteiger partial charge in [-0.1, -0.05) is 72.4 Å². The molecule has 1 N–H and O–H groups in total. The Bertz CT molecular complexity index is 1530. The number of hydrogen-bond acceptors (Lipinski definition) is 5. The average molecular weight is 655 g/mol. The minimum atomic E-state index is -4.24. The third-order valence-corrected chi connectivity index (χ3v) is 9.32. The first-order valence-corrected chi connectivity index (χ1v) is 15.8. The van der Waals surface area contributed by atoms with Crippen molar-refractivity contribution in [3.63, 3.8) is 0 Å². The van der Waals surface area contributed by atoms with Crippen molar-refractivity contribution in [1.29, 1.82) is 0 Å². The van der Waals surface area contributed by atoms with Crippen LogP contribution in [0, 0.1) is 12.8 Å². The molecule has 2 amide bonds. The Hall–Kier alpha value is -2.98. The van der Waals surface area contributed by atoms with Crippen LogP contribution in [0.15, 0.2) is 65.6 Å². The Kier molecular flexibility index (Phi) is 11.5. The van der Waals surface area contributed by atoms with Crippen LogP contribution >= 0.6 is 34.8 Å². The number of anilines is 1. The zero-order valence-corrected chi connectivity index (χ0v) is 27.1. The number of ether oxygens (including phenoxy) is 1. The van der Waals surface area contributed by atoms with Crippen LogP contribution < -0.4 is 14.4 Å². The van der Waals surface area contributed by atoms with Gasteiger partial charge in [-0.25, -0.2) is 8.42 Å². The van der Waals surface area contributed by atoms with Crippen molar-refractivity contribution in [1.82, 2.24) is 10.2 Å². The van der Waals surface area contributed by atoms with Crippen molar-refractivity contribution < 1.29 is 22.7 Å². The molecule has 0 aliphatic heterocycles. The van der Waals surface area contributed by atoms with Gasteiger partial charge in [0.25, 0.3) is 10.0 Å². The van der Waals surface area contributed by atoms with Gasteiger partial charge in [0.2, 0.25) is 11.8 Å². The van der Waals surface area contributed by atoms with Crippen LogP contribution in [0.2, 0.25) is 15.1 Å². The van der Waals surface area contributed by atoms with Gasteiger partial charge in [0.05, 0.1) is 32.8 Å². The Morgan fingerprint density at radius 2 is 1.57 bits per heavy atom. The van der Waals surface area contributed by atoms with Crippen molar-refractivity contribution in [2.24, 2.45) is 5.92 Å². The zero-order chi connectivity index (χ0) is 31.2. The van der Waals surface area contributed by atoms with E-state index in [0.717, 1.165) is 9.87 Å². The summed E-state index contributed by atoms with van der Waals surface area (Å²) < 4.78 is 34.1. The molecule has 0 fully saturated rings. The molecule has 0 aliphatic carbocycles. The molecule has 0 radical (unpaired) electrons. The summed E-state index contributed by atoms with van der Waals surface area (Å²) in [5.74, 6) is -0.458. The van der Waals surface area contributed by atoms with Gasteiger partial charge in [0.1, 0.15) is 18.3 Å². The first kappa shape index (κ1) is 33.5.